The largest absolute Gasteiger partial charge is 0.480 e. The average Bonchev–Trinajstić information content (AvgIpc) is 3.21. The molecule has 2 atom stereocenters. The maximum absolute atomic E-state index is 13.5. The predicted molar refractivity (Wildman–Crippen MR) is 120 cm³/mol. The lowest BCUT2D eigenvalue weighted by Gasteiger charge is -2.30. The number of aryl methyl sites for hydroxylation is 1. The summed E-state index contributed by atoms with van der Waals surface area (Å²) in [5, 5.41) is 11.1. The Balaban J connectivity index is 1.01. The summed E-state index contributed by atoms with van der Waals surface area (Å²) < 4.78 is 39.1. The van der Waals surface area contributed by atoms with Gasteiger partial charge in [0.25, 0.3) is 5.91 Å². The molecule has 2 aromatic heterocycles. The van der Waals surface area contributed by atoms with Crippen LogP contribution in [0.4, 0.5) is 8.78 Å². The number of fused-ring (bicyclic) bond motifs is 1. The molecule has 3 aliphatic rings. The molecule has 34 heavy (non-hydrogen) atoms. The first kappa shape index (κ1) is 23.3. The molecule has 2 saturated carbocycles. The number of rotatable bonds is 9. The van der Waals surface area contributed by atoms with Gasteiger partial charge in [-0.15, -0.1) is 0 Å². The molecule has 3 fully saturated rings. The second kappa shape index (κ2) is 8.94. The number of hydrogen-bond acceptors (Lipinski definition) is 6. The van der Waals surface area contributed by atoms with Gasteiger partial charge in [-0.2, -0.15) is 13.9 Å². The number of aromatic nitrogens is 3. The van der Waals surface area contributed by atoms with Gasteiger partial charge in [-0.1, -0.05) is 5.16 Å². The Kier molecular flexibility index (Phi) is 6.12. The molecule has 1 N–H and O–H groups in total. The molecule has 2 aromatic rings. The SMILES string of the molecule is Cn1cc(OCC(=O)NC2CCC(CCN3CC4C[C@]4(c4cc(C(C)(F)F)on4)C3)CC2)cn1. The summed E-state index contributed by atoms with van der Waals surface area (Å²) in [6.45, 7) is 3.75. The molecule has 0 aromatic carbocycles. The summed E-state index contributed by atoms with van der Waals surface area (Å²) >= 11 is 0. The van der Waals surface area contributed by atoms with Crippen LogP contribution >= 0.6 is 0 Å². The molecule has 0 radical (unpaired) electrons. The van der Waals surface area contributed by atoms with Gasteiger partial charge in [-0.05, 0) is 56.9 Å². The quantitative estimate of drug-likeness (QED) is 0.597. The average molecular weight is 478 g/mol. The Morgan fingerprint density at radius 2 is 2.15 bits per heavy atom. The summed E-state index contributed by atoms with van der Waals surface area (Å²) in [7, 11) is 1.80. The maximum Gasteiger partial charge on any atom is 0.304 e. The van der Waals surface area contributed by atoms with Gasteiger partial charge in [-0.25, -0.2) is 0 Å². The number of alkyl halides is 2. The number of piperidine rings is 1. The van der Waals surface area contributed by atoms with E-state index in [0.717, 1.165) is 65.1 Å². The molecule has 5 rings (SSSR count). The minimum absolute atomic E-state index is 0.00636. The molecular weight excluding hydrogens is 444 g/mol. The lowest BCUT2D eigenvalue weighted by Crippen LogP contribution is -2.40. The van der Waals surface area contributed by atoms with E-state index in [2.05, 4.69) is 20.5 Å². The summed E-state index contributed by atoms with van der Waals surface area (Å²) in [5.41, 5.74) is 0.604. The van der Waals surface area contributed by atoms with E-state index >= 15 is 0 Å². The van der Waals surface area contributed by atoms with Crippen molar-refractivity contribution in [3.8, 4) is 5.75 Å². The zero-order valence-corrected chi connectivity index (χ0v) is 19.8. The third-order valence-corrected chi connectivity index (χ3v) is 7.79. The number of likely N-dealkylation sites (tertiary alicyclic amines) is 1. The van der Waals surface area contributed by atoms with E-state index in [1.807, 2.05) is 0 Å². The van der Waals surface area contributed by atoms with Crippen LogP contribution in [0.3, 0.4) is 0 Å². The van der Waals surface area contributed by atoms with Crippen molar-refractivity contribution in [3.63, 3.8) is 0 Å². The van der Waals surface area contributed by atoms with E-state index < -0.39 is 5.92 Å². The fourth-order valence-corrected chi connectivity index (χ4v) is 5.72. The fraction of sp³-hybridized carbons (Fsp3) is 0.708. The van der Waals surface area contributed by atoms with Crippen LogP contribution in [0.1, 0.15) is 56.9 Å². The first-order chi connectivity index (χ1) is 16.2. The normalized spacial score (nSPS) is 29.1. The molecule has 3 heterocycles. The molecule has 1 saturated heterocycles. The smallest absolute Gasteiger partial charge is 0.304 e. The van der Waals surface area contributed by atoms with Crippen molar-refractivity contribution in [2.75, 3.05) is 26.2 Å². The minimum Gasteiger partial charge on any atom is -0.480 e. The number of ether oxygens (including phenoxy) is 1. The first-order valence-electron chi connectivity index (χ1n) is 12.2. The van der Waals surface area contributed by atoms with Crippen LogP contribution in [0, 0.1) is 11.8 Å². The highest BCUT2D eigenvalue weighted by Gasteiger charge is 2.62. The number of amides is 1. The van der Waals surface area contributed by atoms with E-state index in [-0.39, 0.29) is 29.7 Å². The highest BCUT2D eigenvalue weighted by Crippen LogP contribution is 2.59. The molecule has 0 bridgehead atoms. The van der Waals surface area contributed by atoms with E-state index in [1.165, 1.54) is 6.07 Å². The predicted octanol–water partition coefficient (Wildman–Crippen LogP) is 3.24. The zero-order chi connectivity index (χ0) is 23.9. The van der Waals surface area contributed by atoms with E-state index in [9.17, 15) is 13.6 Å². The van der Waals surface area contributed by atoms with Crippen LogP contribution in [0.25, 0.3) is 0 Å². The molecule has 10 heteroatoms. The topological polar surface area (TPSA) is 85.4 Å². The second-order valence-electron chi connectivity index (χ2n) is 10.5. The zero-order valence-electron chi connectivity index (χ0n) is 19.8. The Morgan fingerprint density at radius 3 is 2.82 bits per heavy atom. The fourth-order valence-electron chi connectivity index (χ4n) is 5.72. The van der Waals surface area contributed by atoms with E-state index in [1.54, 1.807) is 24.1 Å². The number of nitrogens with zero attached hydrogens (tertiary/aromatic N) is 4. The molecular formula is C24H33F2N5O3. The van der Waals surface area contributed by atoms with Crippen LogP contribution < -0.4 is 10.1 Å². The molecule has 186 valence electrons. The standard InChI is InChI=1S/C24H33F2N5O3/c1-23(25,26)21-9-20(29-34-21)24-10-17(24)12-31(15-24)8-7-16-3-5-18(6-4-16)28-22(32)14-33-19-11-27-30(2)13-19/h9,11,13,16-18H,3-8,10,12,14-15H2,1-2H3,(H,28,32)/t16?,17?,18?,24-/m0/s1. The van der Waals surface area contributed by atoms with Gasteiger partial charge >= 0.3 is 5.92 Å². The lowest BCUT2D eigenvalue weighted by molar-refractivity contribution is -0.124. The summed E-state index contributed by atoms with van der Waals surface area (Å²) in [6.07, 6.45) is 9.66. The van der Waals surface area contributed by atoms with E-state index in [4.69, 9.17) is 9.26 Å². The van der Waals surface area contributed by atoms with Crippen LogP contribution in [-0.4, -0.2) is 58.0 Å². The first-order valence-corrected chi connectivity index (χ1v) is 12.2. The van der Waals surface area contributed by atoms with Crippen LogP contribution in [0.15, 0.2) is 23.0 Å². The van der Waals surface area contributed by atoms with Gasteiger partial charge in [0.2, 0.25) is 5.76 Å². The maximum atomic E-state index is 13.5. The van der Waals surface area contributed by atoms with Crippen molar-refractivity contribution < 1.29 is 22.8 Å². The van der Waals surface area contributed by atoms with Crippen molar-refractivity contribution in [1.82, 2.24) is 25.2 Å². The van der Waals surface area contributed by atoms with Gasteiger partial charge < -0.3 is 19.5 Å². The van der Waals surface area contributed by atoms with Gasteiger partial charge in [0, 0.05) is 44.6 Å². The van der Waals surface area contributed by atoms with Crippen LogP contribution in [-0.2, 0) is 23.2 Å². The highest BCUT2D eigenvalue weighted by molar-refractivity contribution is 5.77. The second-order valence-corrected chi connectivity index (χ2v) is 10.5. The Morgan fingerprint density at radius 1 is 1.35 bits per heavy atom. The van der Waals surface area contributed by atoms with Gasteiger partial charge in [0.1, 0.15) is 0 Å². The lowest BCUT2D eigenvalue weighted by atomic mass is 9.84. The summed E-state index contributed by atoms with van der Waals surface area (Å²) in [4.78, 5) is 14.6. The Bertz CT molecular complexity index is 1010. The molecule has 1 unspecified atom stereocenters. The summed E-state index contributed by atoms with van der Waals surface area (Å²) in [6, 6.07) is 1.67. The van der Waals surface area contributed by atoms with Gasteiger partial charge in [-0.3, -0.25) is 9.48 Å². The number of halogens is 2. The molecule has 1 amide bonds. The molecule has 2 aliphatic carbocycles. The van der Waals surface area contributed by atoms with Crippen molar-refractivity contribution in [2.45, 2.75) is 62.8 Å². The van der Waals surface area contributed by atoms with Gasteiger partial charge in [0.05, 0.1) is 18.1 Å². The number of nitrogens with one attached hydrogen (secondary N) is 1. The van der Waals surface area contributed by atoms with Gasteiger partial charge in [0.15, 0.2) is 12.4 Å². The molecule has 1 aliphatic heterocycles. The van der Waals surface area contributed by atoms with Crippen molar-refractivity contribution in [2.24, 2.45) is 18.9 Å². The van der Waals surface area contributed by atoms with Crippen LogP contribution in [0.5, 0.6) is 5.75 Å². The minimum atomic E-state index is -2.99. The number of hydrogen-bond donors (Lipinski definition) is 1. The number of carbonyl (C=O) groups is 1. The summed E-state index contributed by atoms with van der Waals surface area (Å²) in [5.74, 6) is -1.68. The Labute approximate surface area is 198 Å². The van der Waals surface area contributed by atoms with Crippen LogP contribution in [0.2, 0.25) is 0 Å². The van der Waals surface area contributed by atoms with E-state index in [0.29, 0.717) is 23.3 Å². The van der Waals surface area contributed by atoms with Crippen molar-refractivity contribution >= 4 is 5.91 Å². The third kappa shape index (κ3) is 4.96. The Hall–Kier alpha value is -2.49. The number of carbonyl (C=O) groups excluding carboxylic acids is 1. The highest BCUT2D eigenvalue weighted by atomic mass is 19.3. The molecule has 0 spiro atoms. The third-order valence-electron chi connectivity index (χ3n) is 7.79. The van der Waals surface area contributed by atoms with Crippen molar-refractivity contribution in [1.29, 1.82) is 0 Å². The molecule has 8 nitrogen and oxygen atoms in total. The monoisotopic (exact) mass is 477 g/mol. The van der Waals surface area contributed by atoms with Crippen molar-refractivity contribution in [3.05, 3.63) is 29.9 Å².